The van der Waals surface area contributed by atoms with E-state index in [2.05, 4.69) is 32.8 Å². The van der Waals surface area contributed by atoms with E-state index < -0.39 is 0 Å². The van der Waals surface area contributed by atoms with Crippen molar-refractivity contribution in [3.63, 3.8) is 0 Å². The summed E-state index contributed by atoms with van der Waals surface area (Å²) in [4.78, 5) is 13.5. The Morgan fingerprint density at radius 2 is 2.17 bits per heavy atom. The fraction of sp³-hybridized carbons (Fsp3) is 0.389. The molecule has 0 aromatic carbocycles. The van der Waals surface area contributed by atoms with Crippen LogP contribution in [0.15, 0.2) is 36.5 Å². The Morgan fingerprint density at radius 3 is 2.92 bits per heavy atom. The molecule has 6 heteroatoms. The van der Waals surface area contributed by atoms with Crippen LogP contribution in [0.1, 0.15) is 18.2 Å². The van der Waals surface area contributed by atoms with Gasteiger partial charge in [-0.25, -0.2) is 9.97 Å². The van der Waals surface area contributed by atoms with Gasteiger partial charge in [0, 0.05) is 44.5 Å². The molecular weight excluding hydrogens is 302 g/mol. The van der Waals surface area contributed by atoms with Crippen molar-refractivity contribution >= 4 is 5.82 Å². The topological polar surface area (TPSA) is 65.3 Å². The third-order valence-corrected chi connectivity index (χ3v) is 4.33. The molecule has 1 aliphatic heterocycles. The van der Waals surface area contributed by atoms with E-state index >= 15 is 0 Å². The average Bonchev–Trinajstić information content (AvgIpc) is 2.63. The van der Waals surface area contributed by atoms with Crippen LogP contribution in [-0.2, 0) is 6.54 Å². The molecule has 0 bridgehead atoms. The highest BCUT2D eigenvalue weighted by molar-refractivity contribution is 5.53. The van der Waals surface area contributed by atoms with Crippen LogP contribution in [0, 0.1) is 11.3 Å². The van der Waals surface area contributed by atoms with E-state index in [-0.39, 0.29) is 0 Å². The number of hydrogen-bond donors (Lipinski definition) is 0. The first-order chi connectivity index (χ1) is 11.7. The van der Waals surface area contributed by atoms with Gasteiger partial charge in [0.2, 0.25) is 5.88 Å². The van der Waals surface area contributed by atoms with E-state index in [1.54, 1.807) is 19.4 Å². The quantitative estimate of drug-likeness (QED) is 0.858. The minimum atomic E-state index is 0.347. The van der Waals surface area contributed by atoms with Gasteiger partial charge in [0.15, 0.2) is 0 Å². The first-order valence-corrected chi connectivity index (χ1v) is 8.05. The highest BCUT2D eigenvalue weighted by Crippen LogP contribution is 2.21. The second-order valence-electron chi connectivity index (χ2n) is 5.92. The normalized spacial score (nSPS) is 18.2. The second kappa shape index (κ2) is 7.28. The Hall–Kier alpha value is -2.65. The zero-order valence-corrected chi connectivity index (χ0v) is 14.0. The summed E-state index contributed by atoms with van der Waals surface area (Å²) >= 11 is 0. The number of rotatable bonds is 4. The molecule has 1 aliphatic rings. The van der Waals surface area contributed by atoms with Gasteiger partial charge in [-0.2, -0.15) is 5.26 Å². The fourth-order valence-corrected chi connectivity index (χ4v) is 3.03. The number of ether oxygens (including phenoxy) is 1. The summed E-state index contributed by atoms with van der Waals surface area (Å²) in [5, 5.41) is 9.26. The van der Waals surface area contributed by atoms with Crippen molar-refractivity contribution in [2.45, 2.75) is 19.5 Å². The van der Waals surface area contributed by atoms with Crippen LogP contribution < -0.4 is 9.64 Å². The maximum absolute atomic E-state index is 9.26. The first-order valence-electron chi connectivity index (χ1n) is 8.05. The summed E-state index contributed by atoms with van der Waals surface area (Å²) in [5.41, 5.74) is 1.64. The lowest BCUT2D eigenvalue weighted by molar-refractivity contribution is 0.178. The second-order valence-corrected chi connectivity index (χ2v) is 5.92. The third kappa shape index (κ3) is 3.47. The molecule has 3 heterocycles. The average molecular weight is 323 g/mol. The van der Waals surface area contributed by atoms with Crippen molar-refractivity contribution in [2.75, 3.05) is 31.6 Å². The van der Waals surface area contributed by atoms with Crippen LogP contribution in [0.5, 0.6) is 5.88 Å². The first kappa shape index (κ1) is 16.2. The van der Waals surface area contributed by atoms with Crippen LogP contribution in [0.2, 0.25) is 0 Å². The number of nitriles is 1. The zero-order chi connectivity index (χ0) is 16.9. The van der Waals surface area contributed by atoms with Crippen molar-refractivity contribution in [1.29, 1.82) is 5.26 Å². The Balaban J connectivity index is 1.68. The standard InChI is InChI=1S/C18H21N5O/c1-14-12-23(18-15(11-19)5-4-8-20-18)10-9-22(14)13-16-6-3-7-17(21-16)24-2/h3-8,14H,9-10,12-13H2,1-2H3. The van der Waals surface area contributed by atoms with Crippen molar-refractivity contribution in [1.82, 2.24) is 14.9 Å². The molecule has 0 N–H and O–H groups in total. The minimum Gasteiger partial charge on any atom is -0.481 e. The molecule has 2 aromatic heterocycles. The summed E-state index contributed by atoms with van der Waals surface area (Å²) in [7, 11) is 1.63. The van der Waals surface area contributed by atoms with Gasteiger partial charge in [0.1, 0.15) is 11.9 Å². The molecule has 0 spiro atoms. The number of hydrogen-bond acceptors (Lipinski definition) is 6. The van der Waals surface area contributed by atoms with Gasteiger partial charge in [-0.3, -0.25) is 4.90 Å². The van der Waals surface area contributed by atoms with E-state index in [1.807, 2.05) is 24.3 Å². The van der Waals surface area contributed by atoms with Crippen LogP contribution in [-0.4, -0.2) is 47.7 Å². The molecule has 6 nitrogen and oxygen atoms in total. The molecular formula is C18H21N5O. The molecule has 1 fully saturated rings. The summed E-state index contributed by atoms with van der Waals surface area (Å²) in [5.74, 6) is 1.43. The van der Waals surface area contributed by atoms with Crippen LogP contribution in [0.4, 0.5) is 5.82 Å². The molecule has 0 amide bonds. The third-order valence-electron chi connectivity index (χ3n) is 4.33. The van der Waals surface area contributed by atoms with Gasteiger partial charge in [-0.05, 0) is 25.1 Å². The Morgan fingerprint density at radius 1 is 1.29 bits per heavy atom. The molecule has 1 unspecified atom stereocenters. The predicted octanol–water partition coefficient (Wildman–Crippen LogP) is 2.07. The molecule has 2 aromatic rings. The van der Waals surface area contributed by atoms with Gasteiger partial charge >= 0.3 is 0 Å². The van der Waals surface area contributed by atoms with E-state index in [0.717, 1.165) is 37.7 Å². The predicted molar refractivity (Wildman–Crippen MR) is 91.8 cm³/mol. The number of aromatic nitrogens is 2. The zero-order valence-electron chi connectivity index (χ0n) is 14.0. The minimum absolute atomic E-state index is 0.347. The molecule has 3 rings (SSSR count). The van der Waals surface area contributed by atoms with E-state index in [1.165, 1.54) is 0 Å². The molecule has 1 atom stereocenters. The Labute approximate surface area is 142 Å². The molecule has 0 aliphatic carbocycles. The number of nitrogens with zero attached hydrogens (tertiary/aromatic N) is 5. The van der Waals surface area contributed by atoms with Crippen molar-refractivity contribution < 1.29 is 4.74 Å². The van der Waals surface area contributed by atoms with E-state index in [4.69, 9.17) is 4.74 Å². The van der Waals surface area contributed by atoms with Gasteiger partial charge in [0.25, 0.3) is 0 Å². The lowest BCUT2D eigenvalue weighted by Crippen LogP contribution is -2.52. The lowest BCUT2D eigenvalue weighted by Gasteiger charge is -2.40. The number of piperazine rings is 1. The number of pyridine rings is 2. The smallest absolute Gasteiger partial charge is 0.213 e. The SMILES string of the molecule is COc1cccc(CN2CCN(c3ncccc3C#N)CC2C)n1. The molecule has 24 heavy (non-hydrogen) atoms. The van der Waals surface area contributed by atoms with Crippen molar-refractivity contribution in [3.8, 4) is 11.9 Å². The molecule has 124 valence electrons. The van der Waals surface area contributed by atoms with Gasteiger partial charge in [-0.15, -0.1) is 0 Å². The maximum Gasteiger partial charge on any atom is 0.213 e. The van der Waals surface area contributed by atoms with Crippen LogP contribution in [0.3, 0.4) is 0 Å². The molecule has 0 saturated carbocycles. The number of methoxy groups -OCH3 is 1. The fourth-order valence-electron chi connectivity index (χ4n) is 3.03. The highest BCUT2D eigenvalue weighted by Gasteiger charge is 2.26. The summed E-state index contributed by atoms with van der Waals surface area (Å²) in [6, 6.07) is 12.0. The van der Waals surface area contributed by atoms with Gasteiger partial charge < -0.3 is 9.64 Å². The molecule has 0 radical (unpaired) electrons. The van der Waals surface area contributed by atoms with Crippen molar-refractivity contribution in [2.24, 2.45) is 0 Å². The monoisotopic (exact) mass is 323 g/mol. The van der Waals surface area contributed by atoms with Crippen molar-refractivity contribution in [3.05, 3.63) is 47.8 Å². The summed E-state index contributed by atoms with van der Waals surface area (Å²) < 4.78 is 5.19. The largest absolute Gasteiger partial charge is 0.481 e. The van der Waals surface area contributed by atoms with E-state index in [0.29, 0.717) is 17.5 Å². The van der Waals surface area contributed by atoms with Gasteiger partial charge in [0.05, 0.1) is 18.4 Å². The Kier molecular flexibility index (Phi) is 4.92. The maximum atomic E-state index is 9.26. The van der Waals surface area contributed by atoms with Crippen LogP contribution >= 0.6 is 0 Å². The number of anilines is 1. The highest BCUT2D eigenvalue weighted by atomic mass is 16.5. The van der Waals surface area contributed by atoms with E-state index in [9.17, 15) is 5.26 Å². The summed E-state index contributed by atoms with van der Waals surface area (Å²) in [6.07, 6.45) is 1.74. The lowest BCUT2D eigenvalue weighted by atomic mass is 10.1. The van der Waals surface area contributed by atoms with Gasteiger partial charge in [-0.1, -0.05) is 6.07 Å². The molecule has 1 saturated heterocycles. The summed E-state index contributed by atoms with van der Waals surface area (Å²) in [6.45, 7) is 5.58. The van der Waals surface area contributed by atoms with Crippen LogP contribution in [0.25, 0.3) is 0 Å². The Bertz CT molecular complexity index is 742.